The summed E-state index contributed by atoms with van der Waals surface area (Å²) in [6.07, 6.45) is -0.156. The quantitative estimate of drug-likeness (QED) is 0.885. The third-order valence-corrected chi connectivity index (χ3v) is 5.03. The third kappa shape index (κ3) is 3.36. The lowest BCUT2D eigenvalue weighted by Crippen LogP contribution is -1.99. The number of nitrogens with zero attached hydrogens (tertiary/aromatic N) is 2. The molecule has 1 aromatic carbocycles. The van der Waals surface area contributed by atoms with E-state index < -0.39 is 11.8 Å². The normalized spacial score (nSPS) is 10.2. The monoisotopic (exact) mass is 372 g/mol. The van der Waals surface area contributed by atoms with Crippen LogP contribution in [0.15, 0.2) is 31.2 Å². The molecule has 0 fully saturated rings. The zero-order valence-corrected chi connectivity index (χ0v) is 13.0. The van der Waals surface area contributed by atoms with Gasteiger partial charge in [-0.25, -0.2) is 9.37 Å². The second-order valence-corrected chi connectivity index (χ2v) is 6.57. The molecule has 0 aliphatic carbocycles. The molecule has 0 radical (unpaired) electrons. The highest BCUT2D eigenvalue weighted by molar-refractivity contribution is 9.10. The lowest BCUT2D eigenvalue weighted by atomic mass is 10.2. The van der Waals surface area contributed by atoms with Crippen LogP contribution >= 0.6 is 39.0 Å². The van der Waals surface area contributed by atoms with E-state index >= 15 is 0 Å². The number of benzene rings is 1. The Bertz CT molecular complexity index is 712. The molecule has 8 heteroatoms. The van der Waals surface area contributed by atoms with Gasteiger partial charge in [-0.1, -0.05) is 11.8 Å². The number of carboxylic acids is 1. The van der Waals surface area contributed by atoms with E-state index in [-0.39, 0.29) is 16.5 Å². The van der Waals surface area contributed by atoms with Gasteiger partial charge in [0, 0.05) is 5.38 Å². The van der Waals surface area contributed by atoms with Gasteiger partial charge in [0.25, 0.3) is 0 Å². The van der Waals surface area contributed by atoms with Crippen LogP contribution in [-0.2, 0) is 11.2 Å². The van der Waals surface area contributed by atoms with Crippen molar-refractivity contribution in [2.45, 2.75) is 15.7 Å². The number of hydrogen-bond donors (Lipinski definition) is 1. The number of halogens is 2. The van der Waals surface area contributed by atoms with Crippen LogP contribution in [0.4, 0.5) is 4.39 Å². The van der Waals surface area contributed by atoms with E-state index in [0.29, 0.717) is 14.9 Å². The number of aliphatic carboxylic acids is 1. The molecular weight excluding hydrogens is 367 g/mol. The molecule has 102 valence electrons. The zero-order valence-electron chi connectivity index (χ0n) is 9.76. The van der Waals surface area contributed by atoms with Gasteiger partial charge in [-0.2, -0.15) is 5.26 Å². The first-order valence-corrected chi connectivity index (χ1v) is 7.72. The van der Waals surface area contributed by atoms with Gasteiger partial charge in [0.05, 0.1) is 27.0 Å². The Morgan fingerprint density at radius 3 is 3.00 bits per heavy atom. The molecule has 1 heterocycles. The van der Waals surface area contributed by atoms with Crippen molar-refractivity contribution < 1.29 is 14.3 Å². The molecule has 1 N–H and O–H groups in total. The minimum Gasteiger partial charge on any atom is -0.481 e. The average Bonchev–Trinajstić information content (AvgIpc) is 2.82. The second kappa shape index (κ2) is 6.35. The molecule has 1 aromatic heterocycles. The van der Waals surface area contributed by atoms with Gasteiger partial charge in [-0.05, 0) is 28.1 Å². The van der Waals surface area contributed by atoms with Crippen molar-refractivity contribution in [1.82, 2.24) is 4.98 Å². The second-order valence-electron chi connectivity index (χ2n) is 3.63. The van der Waals surface area contributed by atoms with Crippen molar-refractivity contribution in [2.75, 3.05) is 0 Å². The molecule has 0 saturated carbocycles. The smallest absolute Gasteiger partial charge is 0.309 e. The Balaban J connectivity index is 2.22. The van der Waals surface area contributed by atoms with Gasteiger partial charge in [-0.3, -0.25) is 4.79 Å². The number of carboxylic acid groups (broad SMARTS) is 1. The van der Waals surface area contributed by atoms with E-state index in [1.165, 1.54) is 23.5 Å². The van der Waals surface area contributed by atoms with Crippen LogP contribution < -0.4 is 0 Å². The van der Waals surface area contributed by atoms with Crippen LogP contribution in [0.3, 0.4) is 0 Å². The van der Waals surface area contributed by atoms with Gasteiger partial charge in [0.15, 0.2) is 10.2 Å². The number of rotatable bonds is 4. The Kier molecular flexibility index (Phi) is 4.75. The van der Waals surface area contributed by atoms with Crippen LogP contribution in [0.2, 0.25) is 0 Å². The van der Waals surface area contributed by atoms with E-state index in [0.717, 1.165) is 11.8 Å². The Morgan fingerprint density at radius 2 is 2.35 bits per heavy atom. The summed E-state index contributed by atoms with van der Waals surface area (Å²) in [6.45, 7) is 0. The fourth-order valence-electron chi connectivity index (χ4n) is 1.36. The minimum atomic E-state index is -0.959. The molecule has 20 heavy (non-hydrogen) atoms. The van der Waals surface area contributed by atoms with Crippen LogP contribution in [0.1, 0.15) is 11.3 Å². The molecule has 0 atom stereocenters. The topological polar surface area (TPSA) is 74.0 Å². The SMILES string of the molecule is N#Cc1ccc(Sc2nc(CC(=O)O)cs2)c(F)c1Br. The summed E-state index contributed by atoms with van der Waals surface area (Å²) in [5, 5.41) is 19.1. The lowest BCUT2D eigenvalue weighted by Gasteiger charge is -2.03. The van der Waals surface area contributed by atoms with Gasteiger partial charge in [0.2, 0.25) is 0 Å². The average molecular weight is 373 g/mol. The Morgan fingerprint density at radius 1 is 1.60 bits per heavy atom. The summed E-state index contributed by atoms with van der Waals surface area (Å²) in [5.41, 5.74) is 0.663. The van der Waals surface area contributed by atoms with Crippen LogP contribution in [0, 0.1) is 17.1 Å². The molecule has 2 aromatic rings. The van der Waals surface area contributed by atoms with Gasteiger partial charge in [-0.15, -0.1) is 11.3 Å². The summed E-state index contributed by atoms with van der Waals surface area (Å²) in [4.78, 5) is 15.0. The number of aromatic nitrogens is 1. The van der Waals surface area contributed by atoms with Gasteiger partial charge < -0.3 is 5.11 Å². The molecule has 4 nitrogen and oxygen atoms in total. The van der Waals surface area contributed by atoms with Crippen LogP contribution in [0.25, 0.3) is 0 Å². The first-order valence-electron chi connectivity index (χ1n) is 5.23. The maximum absolute atomic E-state index is 14.0. The van der Waals surface area contributed by atoms with Gasteiger partial charge >= 0.3 is 5.97 Å². The molecule has 0 saturated heterocycles. The van der Waals surface area contributed by atoms with Crippen molar-refractivity contribution in [3.05, 3.63) is 39.1 Å². The molecule has 0 amide bonds. The summed E-state index contributed by atoms with van der Waals surface area (Å²) in [5.74, 6) is -1.48. The van der Waals surface area contributed by atoms with E-state index in [4.69, 9.17) is 10.4 Å². The molecule has 0 aliphatic heterocycles. The molecular formula is C12H6BrFN2O2S2. The standard InChI is InChI=1S/C12H6BrFN2O2S2/c13-10-6(4-15)1-2-8(11(10)14)20-12-16-7(5-19-12)3-9(17)18/h1-2,5H,3H2,(H,17,18). The highest BCUT2D eigenvalue weighted by atomic mass is 79.9. The highest BCUT2D eigenvalue weighted by Crippen LogP contribution is 2.35. The predicted molar refractivity (Wildman–Crippen MR) is 76.4 cm³/mol. The molecule has 2 rings (SSSR count). The predicted octanol–water partition coefficient (Wildman–Crippen LogP) is 3.69. The third-order valence-electron chi connectivity index (χ3n) is 2.23. The first-order chi connectivity index (χ1) is 9.51. The number of carbonyl (C=O) groups is 1. The maximum Gasteiger partial charge on any atom is 0.309 e. The van der Waals surface area contributed by atoms with Crippen LogP contribution in [0.5, 0.6) is 0 Å². The van der Waals surface area contributed by atoms with Crippen molar-refractivity contribution in [2.24, 2.45) is 0 Å². The Hall–Kier alpha value is -1.43. The Labute approximate surface area is 130 Å². The maximum atomic E-state index is 14.0. The summed E-state index contributed by atoms with van der Waals surface area (Å²) >= 11 is 5.38. The van der Waals surface area contributed by atoms with Gasteiger partial charge in [0.1, 0.15) is 6.07 Å². The van der Waals surface area contributed by atoms with Crippen molar-refractivity contribution in [3.8, 4) is 6.07 Å². The van der Waals surface area contributed by atoms with E-state index in [9.17, 15) is 9.18 Å². The fraction of sp³-hybridized carbons (Fsp3) is 0.0833. The van der Waals surface area contributed by atoms with E-state index in [1.807, 2.05) is 6.07 Å². The molecule has 0 bridgehead atoms. The fourth-order valence-corrected chi connectivity index (χ4v) is 3.76. The largest absolute Gasteiger partial charge is 0.481 e. The summed E-state index contributed by atoms with van der Waals surface area (Å²) < 4.78 is 14.7. The highest BCUT2D eigenvalue weighted by Gasteiger charge is 2.14. The minimum absolute atomic E-state index is 0.118. The first kappa shape index (κ1) is 15.0. The number of hydrogen-bond acceptors (Lipinski definition) is 5. The number of thiazole rings is 1. The summed E-state index contributed by atoms with van der Waals surface area (Å²) in [7, 11) is 0. The summed E-state index contributed by atoms with van der Waals surface area (Å²) in [6, 6.07) is 4.90. The molecule has 0 aliphatic rings. The zero-order chi connectivity index (χ0) is 14.7. The molecule has 0 spiro atoms. The van der Waals surface area contributed by atoms with E-state index in [2.05, 4.69) is 20.9 Å². The lowest BCUT2D eigenvalue weighted by molar-refractivity contribution is -0.136. The van der Waals surface area contributed by atoms with Crippen molar-refractivity contribution in [1.29, 1.82) is 5.26 Å². The number of nitriles is 1. The molecule has 0 unspecified atom stereocenters. The van der Waals surface area contributed by atoms with Crippen LogP contribution in [-0.4, -0.2) is 16.1 Å². The van der Waals surface area contributed by atoms with E-state index in [1.54, 1.807) is 5.38 Å². The van der Waals surface area contributed by atoms with Crippen molar-refractivity contribution in [3.63, 3.8) is 0 Å². The van der Waals surface area contributed by atoms with Crippen molar-refractivity contribution >= 4 is 45.0 Å².